The zero-order valence-electron chi connectivity index (χ0n) is 10.4. The highest BCUT2D eigenvalue weighted by Crippen LogP contribution is 2.24. The Morgan fingerprint density at radius 2 is 1.94 bits per heavy atom. The molecule has 0 aliphatic rings. The van der Waals surface area contributed by atoms with E-state index in [1.54, 1.807) is 51.3 Å². The number of methoxy groups -OCH3 is 1. The lowest BCUT2D eigenvalue weighted by molar-refractivity contribution is -0.121. The molecule has 0 spiro atoms. The first-order valence-corrected chi connectivity index (χ1v) is 5.58. The molecule has 0 heterocycles. The fourth-order valence-corrected chi connectivity index (χ4v) is 1.56. The van der Waals surface area contributed by atoms with E-state index in [0.29, 0.717) is 0 Å². The zero-order chi connectivity index (χ0) is 12.8. The fourth-order valence-electron chi connectivity index (χ4n) is 1.56. The molecule has 0 amide bonds. The number of carbonyl (C=O) groups is 1. The molecule has 0 saturated heterocycles. The molecule has 2 atom stereocenters. The first kappa shape index (κ1) is 13.5. The standard InChI is InChI=1S/C14H18O3/c1-4-5-13(15)10(2)14(16)11-6-8-12(17-3)9-7-11/h4-10,14,16H,1-3H3/b5-4+/t10-,14+/m1/s1. The minimum Gasteiger partial charge on any atom is -0.497 e. The Balaban J connectivity index is 2.80. The predicted octanol–water partition coefficient (Wildman–Crippen LogP) is 2.51. The molecule has 0 saturated carbocycles. The van der Waals surface area contributed by atoms with Gasteiger partial charge < -0.3 is 9.84 Å². The molecule has 3 heteroatoms. The van der Waals surface area contributed by atoms with Gasteiger partial charge in [0.15, 0.2) is 5.78 Å². The average molecular weight is 234 g/mol. The summed E-state index contributed by atoms with van der Waals surface area (Å²) in [5, 5.41) is 10.1. The van der Waals surface area contributed by atoms with Gasteiger partial charge in [-0.15, -0.1) is 0 Å². The molecule has 17 heavy (non-hydrogen) atoms. The molecule has 0 fully saturated rings. The van der Waals surface area contributed by atoms with Crippen LogP contribution in [0.5, 0.6) is 5.75 Å². The lowest BCUT2D eigenvalue weighted by atomic mass is 9.93. The Hall–Kier alpha value is -1.61. The maximum Gasteiger partial charge on any atom is 0.161 e. The molecular weight excluding hydrogens is 216 g/mol. The molecule has 92 valence electrons. The van der Waals surface area contributed by atoms with Gasteiger partial charge in [-0.3, -0.25) is 4.79 Å². The summed E-state index contributed by atoms with van der Waals surface area (Å²) < 4.78 is 5.04. The van der Waals surface area contributed by atoms with Gasteiger partial charge in [0.1, 0.15) is 5.75 Å². The van der Waals surface area contributed by atoms with Gasteiger partial charge in [0.05, 0.1) is 13.2 Å². The molecule has 0 unspecified atom stereocenters. The summed E-state index contributed by atoms with van der Waals surface area (Å²) in [7, 11) is 1.59. The smallest absolute Gasteiger partial charge is 0.161 e. The van der Waals surface area contributed by atoms with Crippen LogP contribution in [0.4, 0.5) is 0 Å². The Bertz CT molecular complexity index is 392. The molecule has 1 aromatic rings. The molecule has 0 bridgehead atoms. The molecule has 1 aromatic carbocycles. The maximum absolute atomic E-state index is 11.6. The van der Waals surface area contributed by atoms with E-state index in [4.69, 9.17) is 4.74 Å². The van der Waals surface area contributed by atoms with Crippen LogP contribution < -0.4 is 4.74 Å². The Morgan fingerprint density at radius 3 is 2.41 bits per heavy atom. The molecular formula is C14H18O3. The summed E-state index contributed by atoms with van der Waals surface area (Å²) >= 11 is 0. The van der Waals surface area contributed by atoms with Gasteiger partial charge in [0.25, 0.3) is 0 Å². The van der Waals surface area contributed by atoms with Crippen molar-refractivity contribution in [3.8, 4) is 5.75 Å². The molecule has 0 aliphatic heterocycles. The topological polar surface area (TPSA) is 46.5 Å². The highest BCUT2D eigenvalue weighted by molar-refractivity contribution is 5.91. The summed E-state index contributed by atoms with van der Waals surface area (Å²) in [6, 6.07) is 7.07. The number of aliphatic hydroxyl groups is 1. The first-order chi connectivity index (χ1) is 8.10. The van der Waals surface area contributed by atoms with Crippen molar-refractivity contribution in [1.29, 1.82) is 0 Å². The van der Waals surface area contributed by atoms with Crippen molar-refractivity contribution in [2.24, 2.45) is 5.92 Å². The van der Waals surface area contributed by atoms with Crippen molar-refractivity contribution in [2.75, 3.05) is 7.11 Å². The van der Waals surface area contributed by atoms with Crippen molar-refractivity contribution in [1.82, 2.24) is 0 Å². The van der Waals surface area contributed by atoms with Crippen LogP contribution in [0.25, 0.3) is 0 Å². The summed E-state index contributed by atoms with van der Waals surface area (Å²) in [5.41, 5.74) is 0.719. The number of aliphatic hydroxyl groups excluding tert-OH is 1. The number of hydrogen-bond acceptors (Lipinski definition) is 3. The van der Waals surface area contributed by atoms with Gasteiger partial charge in [0.2, 0.25) is 0 Å². The van der Waals surface area contributed by atoms with E-state index in [1.165, 1.54) is 6.08 Å². The number of carbonyl (C=O) groups excluding carboxylic acids is 1. The van der Waals surface area contributed by atoms with Crippen LogP contribution in [0.3, 0.4) is 0 Å². The normalized spacial score (nSPS) is 14.6. The van der Waals surface area contributed by atoms with E-state index in [2.05, 4.69) is 0 Å². The second kappa shape index (κ2) is 6.21. The SMILES string of the molecule is C/C=C/C(=O)[C@@H](C)[C@H](O)c1ccc(OC)cc1. The van der Waals surface area contributed by atoms with Gasteiger partial charge in [-0.2, -0.15) is 0 Å². The van der Waals surface area contributed by atoms with Gasteiger partial charge >= 0.3 is 0 Å². The highest BCUT2D eigenvalue weighted by atomic mass is 16.5. The van der Waals surface area contributed by atoms with Gasteiger partial charge in [-0.1, -0.05) is 25.1 Å². The Kier molecular flexibility index (Phi) is 4.91. The van der Waals surface area contributed by atoms with Crippen LogP contribution in [0.2, 0.25) is 0 Å². The number of rotatable bonds is 5. The molecule has 0 radical (unpaired) electrons. The summed E-state index contributed by atoms with van der Waals surface area (Å²) in [6.07, 6.45) is 2.38. The minimum absolute atomic E-state index is 0.0733. The van der Waals surface area contributed by atoms with Gasteiger partial charge in [-0.25, -0.2) is 0 Å². The van der Waals surface area contributed by atoms with Crippen LogP contribution in [0.15, 0.2) is 36.4 Å². The van der Waals surface area contributed by atoms with E-state index < -0.39 is 12.0 Å². The third kappa shape index (κ3) is 3.43. The number of hydrogen-bond donors (Lipinski definition) is 1. The monoisotopic (exact) mass is 234 g/mol. The lowest BCUT2D eigenvalue weighted by Crippen LogP contribution is -2.17. The minimum atomic E-state index is -0.787. The predicted molar refractivity (Wildman–Crippen MR) is 66.9 cm³/mol. The number of ether oxygens (including phenoxy) is 1. The quantitative estimate of drug-likeness (QED) is 0.796. The van der Waals surface area contributed by atoms with Crippen LogP contribution in [0, 0.1) is 5.92 Å². The Morgan fingerprint density at radius 1 is 1.35 bits per heavy atom. The van der Waals surface area contributed by atoms with Crippen LogP contribution >= 0.6 is 0 Å². The van der Waals surface area contributed by atoms with Crippen LogP contribution in [0.1, 0.15) is 25.5 Å². The van der Waals surface area contributed by atoms with E-state index in [1.807, 2.05) is 0 Å². The van der Waals surface area contributed by atoms with E-state index in [0.717, 1.165) is 11.3 Å². The second-order valence-electron chi connectivity index (χ2n) is 3.91. The van der Waals surface area contributed by atoms with Crippen LogP contribution in [-0.2, 0) is 4.79 Å². The van der Waals surface area contributed by atoms with Crippen molar-refractivity contribution in [2.45, 2.75) is 20.0 Å². The van der Waals surface area contributed by atoms with Gasteiger partial charge in [-0.05, 0) is 30.7 Å². The number of ketones is 1. The molecule has 1 N–H and O–H groups in total. The van der Waals surface area contributed by atoms with Crippen molar-refractivity contribution >= 4 is 5.78 Å². The summed E-state index contributed by atoms with van der Waals surface area (Å²) in [6.45, 7) is 3.50. The van der Waals surface area contributed by atoms with Crippen molar-refractivity contribution < 1.29 is 14.6 Å². The summed E-state index contributed by atoms with van der Waals surface area (Å²) in [4.78, 5) is 11.6. The maximum atomic E-state index is 11.6. The zero-order valence-corrected chi connectivity index (χ0v) is 10.4. The largest absolute Gasteiger partial charge is 0.497 e. The molecule has 0 aromatic heterocycles. The molecule has 1 rings (SSSR count). The average Bonchev–Trinajstić information content (AvgIpc) is 2.37. The highest BCUT2D eigenvalue weighted by Gasteiger charge is 2.21. The van der Waals surface area contributed by atoms with Crippen LogP contribution in [-0.4, -0.2) is 18.0 Å². The first-order valence-electron chi connectivity index (χ1n) is 5.58. The van der Waals surface area contributed by atoms with E-state index in [9.17, 15) is 9.90 Å². The number of allylic oxidation sites excluding steroid dienone is 2. The van der Waals surface area contributed by atoms with Crippen molar-refractivity contribution in [3.05, 3.63) is 42.0 Å². The van der Waals surface area contributed by atoms with E-state index >= 15 is 0 Å². The third-order valence-electron chi connectivity index (χ3n) is 2.71. The molecule has 3 nitrogen and oxygen atoms in total. The number of benzene rings is 1. The van der Waals surface area contributed by atoms with Crippen molar-refractivity contribution in [3.63, 3.8) is 0 Å². The fraction of sp³-hybridized carbons (Fsp3) is 0.357. The van der Waals surface area contributed by atoms with E-state index in [-0.39, 0.29) is 5.78 Å². The summed E-state index contributed by atoms with van der Waals surface area (Å²) in [5.74, 6) is 0.212. The second-order valence-corrected chi connectivity index (χ2v) is 3.91. The third-order valence-corrected chi connectivity index (χ3v) is 2.71. The Labute approximate surface area is 102 Å². The lowest BCUT2D eigenvalue weighted by Gasteiger charge is -2.17. The van der Waals surface area contributed by atoms with Gasteiger partial charge in [0, 0.05) is 5.92 Å². The molecule has 0 aliphatic carbocycles.